The van der Waals surface area contributed by atoms with Gasteiger partial charge in [0.25, 0.3) is 5.91 Å². The molecule has 3 rings (SSSR count). The van der Waals surface area contributed by atoms with Gasteiger partial charge in [0.2, 0.25) is 0 Å². The number of carbonyl (C=O) groups excluding carboxylic acids is 1. The van der Waals surface area contributed by atoms with E-state index in [1.807, 2.05) is 43.0 Å². The Morgan fingerprint density at radius 1 is 1.38 bits per heavy atom. The van der Waals surface area contributed by atoms with Gasteiger partial charge in [-0.05, 0) is 25.5 Å². The number of ether oxygens (including phenoxy) is 1. The van der Waals surface area contributed by atoms with Gasteiger partial charge in [-0.15, -0.1) is 0 Å². The highest BCUT2D eigenvalue weighted by molar-refractivity contribution is 5.95. The largest absolute Gasteiger partial charge is 0.367 e. The fourth-order valence-corrected chi connectivity index (χ4v) is 2.58. The number of imidazole rings is 1. The van der Waals surface area contributed by atoms with E-state index in [2.05, 4.69) is 9.97 Å². The predicted molar refractivity (Wildman–Crippen MR) is 79.1 cm³/mol. The van der Waals surface area contributed by atoms with E-state index >= 15 is 0 Å². The Morgan fingerprint density at radius 3 is 2.90 bits per heavy atom. The zero-order chi connectivity index (χ0) is 14.8. The lowest BCUT2D eigenvalue weighted by atomic mass is 10.1. The second-order valence-electron chi connectivity index (χ2n) is 5.38. The highest BCUT2D eigenvalue weighted by Crippen LogP contribution is 2.21. The van der Waals surface area contributed by atoms with Crippen molar-refractivity contribution in [3.8, 4) is 0 Å². The molecule has 1 aliphatic rings. The van der Waals surface area contributed by atoms with Gasteiger partial charge in [-0.3, -0.25) is 4.79 Å². The first-order valence-electron chi connectivity index (χ1n) is 7.13. The third-order valence-electron chi connectivity index (χ3n) is 3.76. The van der Waals surface area contributed by atoms with Gasteiger partial charge >= 0.3 is 0 Å². The van der Waals surface area contributed by atoms with Gasteiger partial charge in [0.15, 0.2) is 0 Å². The van der Waals surface area contributed by atoms with E-state index in [0.29, 0.717) is 19.7 Å². The molecule has 1 amide bonds. The molecular weight excluding hydrogens is 266 g/mol. The average Bonchev–Trinajstić information content (AvgIpc) is 2.94. The topological polar surface area (TPSA) is 58.2 Å². The number of amides is 1. The molecule has 1 aromatic heterocycles. The number of aryl methyl sites for hydroxylation is 2. The van der Waals surface area contributed by atoms with Crippen LogP contribution in [-0.4, -0.2) is 40.5 Å². The summed E-state index contributed by atoms with van der Waals surface area (Å²) < 4.78 is 5.74. The normalized spacial score (nSPS) is 18.8. The molecule has 2 aromatic rings. The summed E-state index contributed by atoms with van der Waals surface area (Å²) in [6.45, 7) is 5.59. The van der Waals surface area contributed by atoms with E-state index in [0.717, 1.165) is 22.6 Å². The lowest BCUT2D eigenvalue weighted by Gasteiger charge is -2.32. The first-order valence-corrected chi connectivity index (χ1v) is 7.13. The number of aromatic amines is 1. The molecule has 0 spiro atoms. The maximum Gasteiger partial charge on any atom is 0.254 e. The monoisotopic (exact) mass is 285 g/mol. The SMILES string of the molecule is Cc1cnc(C2CN(C(=O)c3ccccc3C)CCO2)[nH]1. The number of hydrogen-bond donors (Lipinski definition) is 1. The van der Waals surface area contributed by atoms with Crippen LogP contribution in [0.15, 0.2) is 30.5 Å². The van der Waals surface area contributed by atoms with Gasteiger partial charge in [-0.1, -0.05) is 18.2 Å². The molecule has 1 N–H and O–H groups in total. The number of benzene rings is 1. The third kappa shape index (κ3) is 2.83. The summed E-state index contributed by atoms with van der Waals surface area (Å²) in [5.74, 6) is 0.847. The minimum Gasteiger partial charge on any atom is -0.367 e. The molecule has 110 valence electrons. The zero-order valence-corrected chi connectivity index (χ0v) is 12.3. The maximum absolute atomic E-state index is 12.6. The van der Waals surface area contributed by atoms with Crippen molar-refractivity contribution in [2.45, 2.75) is 20.0 Å². The molecule has 1 fully saturated rings. The van der Waals surface area contributed by atoms with Gasteiger partial charge < -0.3 is 14.6 Å². The van der Waals surface area contributed by atoms with Crippen LogP contribution in [0.1, 0.15) is 33.5 Å². The summed E-state index contributed by atoms with van der Waals surface area (Å²) in [7, 11) is 0. The summed E-state index contributed by atoms with van der Waals surface area (Å²) >= 11 is 0. The smallest absolute Gasteiger partial charge is 0.254 e. The molecule has 2 heterocycles. The number of morpholine rings is 1. The number of rotatable bonds is 2. The van der Waals surface area contributed by atoms with E-state index in [4.69, 9.17) is 4.74 Å². The van der Waals surface area contributed by atoms with Gasteiger partial charge in [-0.25, -0.2) is 4.98 Å². The van der Waals surface area contributed by atoms with E-state index in [1.165, 1.54) is 0 Å². The van der Waals surface area contributed by atoms with Crippen molar-refractivity contribution in [3.05, 3.63) is 53.1 Å². The van der Waals surface area contributed by atoms with Crippen molar-refractivity contribution in [2.24, 2.45) is 0 Å². The molecule has 0 radical (unpaired) electrons. The number of hydrogen-bond acceptors (Lipinski definition) is 3. The van der Waals surface area contributed by atoms with Crippen LogP contribution in [0.4, 0.5) is 0 Å². The van der Waals surface area contributed by atoms with Crippen LogP contribution >= 0.6 is 0 Å². The minimum absolute atomic E-state index is 0.0599. The molecule has 0 aliphatic carbocycles. The first kappa shape index (κ1) is 13.8. The molecule has 5 nitrogen and oxygen atoms in total. The number of nitrogens with one attached hydrogen (secondary N) is 1. The molecule has 1 aromatic carbocycles. The van der Waals surface area contributed by atoms with Crippen LogP contribution in [-0.2, 0) is 4.74 Å². The predicted octanol–water partition coefficient (Wildman–Crippen LogP) is 2.24. The Bertz CT molecular complexity index is 650. The lowest BCUT2D eigenvalue weighted by molar-refractivity contribution is -0.0265. The van der Waals surface area contributed by atoms with E-state index in [1.54, 1.807) is 6.20 Å². The molecule has 0 saturated carbocycles. The second-order valence-corrected chi connectivity index (χ2v) is 5.38. The summed E-state index contributed by atoms with van der Waals surface area (Å²) in [5, 5.41) is 0. The Morgan fingerprint density at radius 2 is 2.19 bits per heavy atom. The Hall–Kier alpha value is -2.14. The fraction of sp³-hybridized carbons (Fsp3) is 0.375. The first-order chi connectivity index (χ1) is 10.1. The zero-order valence-electron chi connectivity index (χ0n) is 12.3. The summed E-state index contributed by atoms with van der Waals surface area (Å²) in [6.07, 6.45) is 1.60. The number of H-pyrrole nitrogens is 1. The Balaban J connectivity index is 1.77. The van der Waals surface area contributed by atoms with Gasteiger partial charge in [0.05, 0.1) is 13.2 Å². The Labute approximate surface area is 124 Å². The molecule has 21 heavy (non-hydrogen) atoms. The molecule has 1 unspecified atom stereocenters. The molecule has 1 saturated heterocycles. The van der Waals surface area contributed by atoms with Crippen LogP contribution in [0.2, 0.25) is 0 Å². The summed E-state index contributed by atoms with van der Waals surface area (Å²) in [6, 6.07) is 7.67. The van der Waals surface area contributed by atoms with Crippen molar-refractivity contribution >= 4 is 5.91 Å². The third-order valence-corrected chi connectivity index (χ3v) is 3.76. The standard InChI is InChI=1S/C16H19N3O2/c1-11-5-3-4-6-13(11)16(20)19-7-8-21-14(10-19)15-17-9-12(2)18-15/h3-6,9,14H,7-8,10H2,1-2H3,(H,17,18). The molecule has 1 aliphatic heterocycles. The number of nitrogens with zero attached hydrogens (tertiary/aromatic N) is 2. The van der Waals surface area contributed by atoms with Crippen LogP contribution in [0.25, 0.3) is 0 Å². The summed E-state index contributed by atoms with van der Waals surface area (Å²) in [4.78, 5) is 22.0. The average molecular weight is 285 g/mol. The number of carbonyl (C=O) groups is 1. The van der Waals surface area contributed by atoms with Gasteiger partial charge in [0, 0.05) is 24.0 Å². The van der Waals surface area contributed by atoms with E-state index < -0.39 is 0 Å². The van der Waals surface area contributed by atoms with Crippen molar-refractivity contribution in [3.63, 3.8) is 0 Å². The summed E-state index contributed by atoms with van der Waals surface area (Å²) in [5.41, 5.74) is 2.75. The maximum atomic E-state index is 12.6. The van der Waals surface area contributed by atoms with Crippen LogP contribution in [0.3, 0.4) is 0 Å². The molecule has 0 bridgehead atoms. The van der Waals surface area contributed by atoms with Crippen LogP contribution in [0, 0.1) is 13.8 Å². The van der Waals surface area contributed by atoms with Gasteiger partial charge in [0.1, 0.15) is 11.9 Å². The van der Waals surface area contributed by atoms with E-state index in [9.17, 15) is 4.79 Å². The lowest BCUT2D eigenvalue weighted by Crippen LogP contribution is -2.42. The van der Waals surface area contributed by atoms with Crippen LogP contribution < -0.4 is 0 Å². The highest BCUT2D eigenvalue weighted by atomic mass is 16.5. The minimum atomic E-state index is -0.180. The number of aromatic nitrogens is 2. The second kappa shape index (κ2) is 5.69. The molecule has 5 heteroatoms. The molecular formula is C16H19N3O2. The van der Waals surface area contributed by atoms with Crippen molar-refractivity contribution in [1.29, 1.82) is 0 Å². The highest BCUT2D eigenvalue weighted by Gasteiger charge is 2.28. The molecule has 1 atom stereocenters. The van der Waals surface area contributed by atoms with Crippen molar-refractivity contribution in [2.75, 3.05) is 19.7 Å². The van der Waals surface area contributed by atoms with Gasteiger partial charge in [-0.2, -0.15) is 0 Å². The van der Waals surface area contributed by atoms with Crippen LogP contribution in [0.5, 0.6) is 0 Å². The Kier molecular flexibility index (Phi) is 3.75. The van der Waals surface area contributed by atoms with Crippen molar-refractivity contribution < 1.29 is 9.53 Å². The fourth-order valence-electron chi connectivity index (χ4n) is 2.58. The van der Waals surface area contributed by atoms with Crippen molar-refractivity contribution in [1.82, 2.24) is 14.9 Å². The van der Waals surface area contributed by atoms with E-state index in [-0.39, 0.29) is 12.0 Å². The quantitative estimate of drug-likeness (QED) is 0.920.